The highest BCUT2D eigenvalue weighted by Crippen LogP contribution is 2.25. The normalized spacial score (nSPS) is 15.7. The van der Waals surface area contributed by atoms with Crippen LogP contribution < -0.4 is 5.32 Å². The minimum absolute atomic E-state index is 0.393. The summed E-state index contributed by atoms with van der Waals surface area (Å²) in [5.41, 5.74) is 4.54. The third-order valence-electron chi connectivity index (χ3n) is 4.36. The van der Waals surface area contributed by atoms with E-state index in [-0.39, 0.29) is 0 Å². The molecule has 0 saturated carbocycles. The van der Waals surface area contributed by atoms with Crippen molar-refractivity contribution in [1.82, 2.24) is 10.3 Å². The molecular weight excluding hydrogens is 276 g/mol. The van der Waals surface area contributed by atoms with Gasteiger partial charge in [-0.1, -0.05) is 25.1 Å². The Hall–Kier alpha value is -1.19. The van der Waals surface area contributed by atoms with Crippen LogP contribution in [0, 0.1) is 0 Å². The van der Waals surface area contributed by atoms with Crippen molar-refractivity contribution in [2.75, 3.05) is 0 Å². The van der Waals surface area contributed by atoms with Crippen LogP contribution >= 0.6 is 11.3 Å². The van der Waals surface area contributed by atoms with Gasteiger partial charge in [0.2, 0.25) is 0 Å². The van der Waals surface area contributed by atoms with Gasteiger partial charge in [-0.25, -0.2) is 4.98 Å². The van der Waals surface area contributed by atoms with Gasteiger partial charge >= 0.3 is 0 Å². The molecule has 1 aromatic carbocycles. The molecule has 2 aromatic rings. The summed E-state index contributed by atoms with van der Waals surface area (Å²) in [6.45, 7) is 5.33. The highest BCUT2D eigenvalue weighted by molar-refractivity contribution is 7.11. The van der Waals surface area contributed by atoms with Crippen LogP contribution in [0.5, 0.6) is 0 Å². The molecule has 1 heterocycles. The van der Waals surface area contributed by atoms with Crippen molar-refractivity contribution in [2.45, 2.75) is 58.5 Å². The standard InChI is InChI=1S/C18H24N2S/c1-3-18-20-12-17(21-18)11-19-13(2)15-9-8-14-6-4-5-7-16(14)10-15/h8-10,12-13,19H,3-7,11H2,1-2H3. The first kappa shape index (κ1) is 14.7. The SMILES string of the molecule is CCc1ncc(CNC(C)c2ccc3c(c2)CCCC3)s1. The summed E-state index contributed by atoms with van der Waals surface area (Å²) >= 11 is 1.82. The van der Waals surface area contributed by atoms with Crippen molar-refractivity contribution in [1.29, 1.82) is 0 Å². The summed E-state index contributed by atoms with van der Waals surface area (Å²) in [4.78, 5) is 5.75. The third-order valence-corrected chi connectivity index (χ3v) is 5.50. The average molecular weight is 300 g/mol. The van der Waals surface area contributed by atoms with Crippen LogP contribution in [0.2, 0.25) is 0 Å². The number of hydrogen-bond donors (Lipinski definition) is 1. The number of aromatic nitrogens is 1. The largest absolute Gasteiger partial charge is 0.305 e. The Bertz CT molecular complexity index is 603. The molecule has 1 aromatic heterocycles. The Morgan fingerprint density at radius 1 is 1.24 bits per heavy atom. The van der Waals surface area contributed by atoms with Crippen LogP contribution in [-0.4, -0.2) is 4.98 Å². The number of nitrogens with zero attached hydrogens (tertiary/aromatic N) is 1. The Kier molecular flexibility index (Phi) is 4.71. The van der Waals surface area contributed by atoms with Gasteiger partial charge in [0.1, 0.15) is 0 Å². The van der Waals surface area contributed by atoms with E-state index in [4.69, 9.17) is 0 Å². The zero-order chi connectivity index (χ0) is 14.7. The first-order chi connectivity index (χ1) is 10.3. The topological polar surface area (TPSA) is 24.9 Å². The summed E-state index contributed by atoms with van der Waals surface area (Å²) in [5.74, 6) is 0. The number of rotatable bonds is 5. The summed E-state index contributed by atoms with van der Waals surface area (Å²) in [6, 6.07) is 7.44. The van der Waals surface area contributed by atoms with E-state index in [0.717, 1.165) is 13.0 Å². The first-order valence-electron chi connectivity index (χ1n) is 8.05. The predicted molar refractivity (Wildman–Crippen MR) is 89.8 cm³/mol. The van der Waals surface area contributed by atoms with Crippen LogP contribution in [0.1, 0.15) is 59.3 Å². The third kappa shape index (κ3) is 3.53. The maximum Gasteiger partial charge on any atom is 0.0925 e. The molecule has 0 spiro atoms. The number of aryl methyl sites for hydroxylation is 3. The van der Waals surface area contributed by atoms with Gasteiger partial charge in [0, 0.05) is 23.7 Å². The molecule has 1 aliphatic carbocycles. The monoisotopic (exact) mass is 300 g/mol. The quantitative estimate of drug-likeness (QED) is 0.883. The van der Waals surface area contributed by atoms with Crippen LogP contribution in [0.25, 0.3) is 0 Å². The van der Waals surface area contributed by atoms with Crippen molar-refractivity contribution in [3.8, 4) is 0 Å². The van der Waals surface area contributed by atoms with Crippen LogP contribution in [0.3, 0.4) is 0 Å². The Morgan fingerprint density at radius 2 is 2.05 bits per heavy atom. The molecule has 2 nitrogen and oxygen atoms in total. The zero-order valence-electron chi connectivity index (χ0n) is 13.0. The molecule has 3 rings (SSSR count). The molecule has 0 saturated heterocycles. The molecule has 21 heavy (non-hydrogen) atoms. The second kappa shape index (κ2) is 6.71. The smallest absolute Gasteiger partial charge is 0.0925 e. The Morgan fingerprint density at radius 3 is 2.81 bits per heavy atom. The van der Waals surface area contributed by atoms with Gasteiger partial charge in [-0.2, -0.15) is 0 Å². The fourth-order valence-corrected chi connectivity index (χ4v) is 3.80. The molecule has 1 atom stereocenters. The van der Waals surface area contributed by atoms with E-state index in [0.29, 0.717) is 6.04 Å². The minimum Gasteiger partial charge on any atom is -0.305 e. The number of hydrogen-bond acceptors (Lipinski definition) is 3. The van der Waals surface area contributed by atoms with Gasteiger partial charge in [-0.15, -0.1) is 11.3 Å². The summed E-state index contributed by atoms with van der Waals surface area (Å²) in [6.07, 6.45) is 8.26. The molecule has 0 aliphatic heterocycles. The van der Waals surface area contributed by atoms with E-state index in [1.54, 1.807) is 11.1 Å². The Labute approximate surface area is 131 Å². The number of fused-ring (bicyclic) bond motifs is 1. The summed E-state index contributed by atoms with van der Waals surface area (Å²) in [7, 11) is 0. The van der Waals surface area contributed by atoms with Gasteiger partial charge in [-0.05, 0) is 55.7 Å². The summed E-state index contributed by atoms with van der Waals surface area (Å²) in [5, 5.41) is 4.86. The lowest BCUT2D eigenvalue weighted by Gasteiger charge is -2.19. The first-order valence-corrected chi connectivity index (χ1v) is 8.86. The molecule has 1 aliphatic rings. The molecule has 0 bridgehead atoms. The van der Waals surface area contributed by atoms with E-state index >= 15 is 0 Å². The molecule has 0 fully saturated rings. The van der Waals surface area contributed by atoms with Gasteiger partial charge in [0.15, 0.2) is 0 Å². The molecule has 3 heteroatoms. The van der Waals surface area contributed by atoms with Gasteiger partial charge in [0.25, 0.3) is 0 Å². The fourth-order valence-electron chi connectivity index (χ4n) is 2.99. The maximum absolute atomic E-state index is 4.42. The van der Waals surface area contributed by atoms with E-state index in [9.17, 15) is 0 Å². The maximum atomic E-state index is 4.42. The zero-order valence-corrected chi connectivity index (χ0v) is 13.8. The van der Waals surface area contributed by atoms with Gasteiger partial charge < -0.3 is 5.32 Å². The van der Waals surface area contributed by atoms with E-state index < -0.39 is 0 Å². The molecular formula is C18H24N2S. The highest BCUT2D eigenvalue weighted by atomic mass is 32.1. The fraction of sp³-hybridized carbons (Fsp3) is 0.500. The van der Waals surface area contributed by atoms with Crippen molar-refractivity contribution >= 4 is 11.3 Å². The number of thiazole rings is 1. The van der Waals surface area contributed by atoms with Crippen molar-refractivity contribution in [2.24, 2.45) is 0 Å². The van der Waals surface area contributed by atoms with Crippen LogP contribution in [0.15, 0.2) is 24.4 Å². The lowest BCUT2D eigenvalue weighted by Crippen LogP contribution is -2.18. The second-order valence-electron chi connectivity index (χ2n) is 5.91. The Balaban J connectivity index is 1.63. The molecule has 112 valence electrons. The minimum atomic E-state index is 0.393. The lowest BCUT2D eigenvalue weighted by molar-refractivity contribution is 0.576. The van der Waals surface area contributed by atoms with Crippen molar-refractivity contribution in [3.05, 3.63) is 51.0 Å². The molecule has 1 unspecified atom stereocenters. The molecule has 1 N–H and O–H groups in total. The van der Waals surface area contributed by atoms with Gasteiger partial charge in [-0.3, -0.25) is 0 Å². The van der Waals surface area contributed by atoms with Crippen LogP contribution in [0.4, 0.5) is 0 Å². The van der Waals surface area contributed by atoms with E-state index in [1.807, 2.05) is 17.5 Å². The van der Waals surface area contributed by atoms with E-state index in [1.165, 1.54) is 41.1 Å². The number of nitrogens with one attached hydrogen (secondary N) is 1. The lowest BCUT2D eigenvalue weighted by atomic mass is 9.89. The summed E-state index contributed by atoms with van der Waals surface area (Å²) < 4.78 is 0. The average Bonchev–Trinajstić information content (AvgIpc) is 3.00. The second-order valence-corrected chi connectivity index (χ2v) is 7.11. The predicted octanol–water partition coefficient (Wildman–Crippen LogP) is 4.44. The molecule has 0 radical (unpaired) electrons. The van der Waals surface area contributed by atoms with Crippen LogP contribution in [-0.2, 0) is 25.8 Å². The van der Waals surface area contributed by atoms with E-state index in [2.05, 4.69) is 42.3 Å². The van der Waals surface area contributed by atoms with Crippen molar-refractivity contribution in [3.63, 3.8) is 0 Å². The highest BCUT2D eigenvalue weighted by Gasteiger charge is 2.12. The number of benzene rings is 1. The van der Waals surface area contributed by atoms with Gasteiger partial charge in [0.05, 0.1) is 5.01 Å². The van der Waals surface area contributed by atoms with Crippen molar-refractivity contribution < 1.29 is 0 Å². The molecule has 0 amide bonds.